The molecule has 6 nitrogen and oxygen atoms in total. The molecule has 0 saturated carbocycles. The van der Waals surface area contributed by atoms with Crippen molar-refractivity contribution in [1.29, 1.82) is 0 Å². The van der Waals surface area contributed by atoms with Crippen LogP contribution < -0.4 is 15.8 Å². The minimum atomic E-state index is -0.167. The molecule has 2 aromatic rings. The molecule has 3 N–H and O–H groups in total. The Kier molecular flexibility index (Phi) is 2.63. The van der Waals surface area contributed by atoms with Crippen LogP contribution in [0.25, 0.3) is 11.3 Å². The molecule has 1 amide bonds. The number of hydrogen-bond acceptors (Lipinski definition) is 5. The van der Waals surface area contributed by atoms with Gasteiger partial charge in [-0.05, 0) is 18.2 Å². The maximum Gasteiger partial charge on any atom is 0.292 e. The number of ether oxygens (including phenoxy) is 1. The van der Waals surface area contributed by atoms with Gasteiger partial charge in [-0.3, -0.25) is 4.79 Å². The van der Waals surface area contributed by atoms with Crippen LogP contribution in [0.4, 0.5) is 11.7 Å². The molecule has 98 valence electrons. The van der Waals surface area contributed by atoms with Crippen LogP contribution in [0.15, 0.2) is 22.6 Å². The van der Waals surface area contributed by atoms with E-state index in [-0.39, 0.29) is 18.5 Å². The highest BCUT2D eigenvalue weighted by Gasteiger charge is 2.18. The number of rotatable bonds is 2. The normalized spacial score (nSPS) is 13.6. The minimum Gasteiger partial charge on any atom is -0.482 e. The molecule has 1 aromatic heterocycles. The highest BCUT2D eigenvalue weighted by atomic mass is 16.5. The number of carbonyl (C=O) groups is 1. The number of carbonyl (C=O) groups excluding carboxylic acids is 1. The summed E-state index contributed by atoms with van der Waals surface area (Å²) in [6.45, 7) is 2.01. The van der Waals surface area contributed by atoms with Crippen LogP contribution in [0.3, 0.4) is 0 Å². The first-order valence-electron chi connectivity index (χ1n) is 5.99. The van der Waals surface area contributed by atoms with Crippen molar-refractivity contribution in [3.63, 3.8) is 0 Å². The van der Waals surface area contributed by atoms with Crippen LogP contribution in [-0.4, -0.2) is 17.5 Å². The van der Waals surface area contributed by atoms with E-state index in [1.54, 1.807) is 6.07 Å². The molecular formula is C13H13N3O3. The first kappa shape index (κ1) is 11.6. The lowest BCUT2D eigenvalue weighted by Gasteiger charge is -2.18. The number of fused-ring (bicyclic) bond motifs is 1. The van der Waals surface area contributed by atoms with Crippen molar-refractivity contribution in [3.8, 4) is 17.0 Å². The lowest BCUT2D eigenvalue weighted by atomic mass is 10.1. The molecule has 1 aliphatic heterocycles. The lowest BCUT2D eigenvalue weighted by molar-refractivity contribution is -0.118. The van der Waals surface area contributed by atoms with E-state index in [0.717, 1.165) is 11.3 Å². The van der Waals surface area contributed by atoms with Crippen molar-refractivity contribution < 1.29 is 13.9 Å². The Morgan fingerprint density at radius 2 is 2.32 bits per heavy atom. The van der Waals surface area contributed by atoms with Gasteiger partial charge in [0.15, 0.2) is 6.61 Å². The molecule has 6 heteroatoms. The number of nitrogen functional groups attached to an aromatic ring is 1. The number of amides is 1. The molecule has 2 heterocycles. The molecule has 0 bridgehead atoms. The standard InChI is InChI=1S/C13H13N3O3/c1-2-9-12(16-13(14)19-9)7-3-4-10-8(5-7)15-11(17)6-18-10/h3-5H,2,6H2,1H3,(H2,14,16)(H,15,17). The average Bonchev–Trinajstić information content (AvgIpc) is 2.79. The van der Waals surface area contributed by atoms with Gasteiger partial charge in [-0.1, -0.05) is 6.92 Å². The van der Waals surface area contributed by atoms with Gasteiger partial charge in [0, 0.05) is 12.0 Å². The van der Waals surface area contributed by atoms with Gasteiger partial charge in [-0.2, -0.15) is 4.98 Å². The van der Waals surface area contributed by atoms with Crippen molar-refractivity contribution in [2.75, 3.05) is 17.7 Å². The highest BCUT2D eigenvalue weighted by Crippen LogP contribution is 2.34. The molecule has 19 heavy (non-hydrogen) atoms. The quantitative estimate of drug-likeness (QED) is 0.858. The summed E-state index contributed by atoms with van der Waals surface area (Å²) in [6, 6.07) is 5.62. The van der Waals surface area contributed by atoms with Crippen molar-refractivity contribution >= 4 is 17.6 Å². The first-order valence-corrected chi connectivity index (χ1v) is 5.99. The third kappa shape index (κ3) is 2.01. The summed E-state index contributed by atoms with van der Waals surface area (Å²) in [5.74, 6) is 1.21. The summed E-state index contributed by atoms with van der Waals surface area (Å²) in [5.41, 5.74) is 7.75. The molecule has 1 aromatic carbocycles. The van der Waals surface area contributed by atoms with E-state index in [2.05, 4.69) is 10.3 Å². The molecule has 0 radical (unpaired) electrons. The smallest absolute Gasteiger partial charge is 0.292 e. The number of aromatic nitrogens is 1. The third-order valence-electron chi connectivity index (χ3n) is 2.92. The number of nitrogens with one attached hydrogen (secondary N) is 1. The van der Waals surface area contributed by atoms with Crippen molar-refractivity contribution in [1.82, 2.24) is 4.98 Å². The second kappa shape index (κ2) is 4.31. The van der Waals surface area contributed by atoms with E-state index in [1.165, 1.54) is 0 Å². The molecule has 1 aliphatic rings. The van der Waals surface area contributed by atoms with Gasteiger partial charge in [-0.15, -0.1) is 0 Å². The Labute approximate surface area is 109 Å². The fraction of sp³-hybridized carbons (Fsp3) is 0.231. The van der Waals surface area contributed by atoms with Gasteiger partial charge >= 0.3 is 0 Å². The Hall–Kier alpha value is -2.50. The molecule has 0 saturated heterocycles. The molecule has 0 spiro atoms. The summed E-state index contributed by atoms with van der Waals surface area (Å²) in [6.07, 6.45) is 0.694. The van der Waals surface area contributed by atoms with Crippen LogP contribution in [0.2, 0.25) is 0 Å². The zero-order chi connectivity index (χ0) is 13.4. The Morgan fingerprint density at radius 1 is 1.47 bits per heavy atom. The molecular weight excluding hydrogens is 246 g/mol. The largest absolute Gasteiger partial charge is 0.482 e. The average molecular weight is 259 g/mol. The van der Waals surface area contributed by atoms with Gasteiger partial charge in [0.25, 0.3) is 11.9 Å². The first-order chi connectivity index (χ1) is 9.17. The predicted octanol–water partition coefficient (Wildman–Crippen LogP) is 1.82. The van der Waals surface area contributed by atoms with Gasteiger partial charge in [0.2, 0.25) is 0 Å². The molecule has 0 fully saturated rings. The van der Waals surface area contributed by atoms with Crippen molar-refractivity contribution in [2.45, 2.75) is 13.3 Å². The van der Waals surface area contributed by atoms with Gasteiger partial charge < -0.3 is 20.2 Å². The number of oxazole rings is 1. The second-order valence-corrected chi connectivity index (χ2v) is 4.23. The van der Waals surface area contributed by atoms with Crippen LogP contribution in [-0.2, 0) is 11.2 Å². The molecule has 3 rings (SSSR count). The second-order valence-electron chi connectivity index (χ2n) is 4.23. The predicted molar refractivity (Wildman–Crippen MR) is 69.9 cm³/mol. The Balaban J connectivity index is 2.06. The summed E-state index contributed by atoms with van der Waals surface area (Å²) < 4.78 is 10.6. The molecule has 0 atom stereocenters. The van der Waals surface area contributed by atoms with Crippen LogP contribution >= 0.6 is 0 Å². The summed E-state index contributed by atoms with van der Waals surface area (Å²) >= 11 is 0. The molecule has 0 unspecified atom stereocenters. The number of nitrogens with two attached hydrogens (primary N) is 1. The van der Waals surface area contributed by atoms with E-state index in [4.69, 9.17) is 14.9 Å². The SMILES string of the molecule is CCc1oc(N)nc1-c1ccc2c(c1)NC(=O)CO2. The van der Waals surface area contributed by atoms with Crippen molar-refractivity contribution in [2.24, 2.45) is 0 Å². The van der Waals surface area contributed by atoms with E-state index in [0.29, 0.717) is 23.6 Å². The maximum absolute atomic E-state index is 11.3. The number of nitrogens with zero attached hydrogens (tertiary/aromatic N) is 1. The Bertz CT molecular complexity index is 649. The van der Waals surface area contributed by atoms with Gasteiger partial charge in [0.1, 0.15) is 17.2 Å². The molecule has 0 aliphatic carbocycles. The lowest BCUT2D eigenvalue weighted by Crippen LogP contribution is -2.25. The number of hydrogen-bond donors (Lipinski definition) is 2. The number of anilines is 2. The van der Waals surface area contributed by atoms with Crippen LogP contribution in [0.5, 0.6) is 5.75 Å². The van der Waals surface area contributed by atoms with Crippen molar-refractivity contribution in [3.05, 3.63) is 24.0 Å². The minimum absolute atomic E-state index is 0.0451. The van der Waals surface area contributed by atoms with Gasteiger partial charge in [0.05, 0.1) is 5.69 Å². The zero-order valence-electron chi connectivity index (χ0n) is 10.4. The number of aryl methyl sites for hydroxylation is 1. The van der Waals surface area contributed by atoms with Crippen LogP contribution in [0, 0.1) is 0 Å². The van der Waals surface area contributed by atoms with E-state index < -0.39 is 0 Å². The fourth-order valence-electron chi connectivity index (χ4n) is 2.07. The van der Waals surface area contributed by atoms with E-state index in [1.807, 2.05) is 19.1 Å². The van der Waals surface area contributed by atoms with E-state index >= 15 is 0 Å². The van der Waals surface area contributed by atoms with E-state index in [9.17, 15) is 4.79 Å². The van der Waals surface area contributed by atoms with Crippen LogP contribution in [0.1, 0.15) is 12.7 Å². The summed E-state index contributed by atoms with van der Waals surface area (Å²) in [4.78, 5) is 15.5. The fourth-order valence-corrected chi connectivity index (χ4v) is 2.07. The Morgan fingerprint density at radius 3 is 3.11 bits per heavy atom. The maximum atomic E-state index is 11.3. The van der Waals surface area contributed by atoms with Gasteiger partial charge in [-0.25, -0.2) is 0 Å². The third-order valence-corrected chi connectivity index (χ3v) is 2.92. The monoisotopic (exact) mass is 259 g/mol. The summed E-state index contributed by atoms with van der Waals surface area (Å²) in [5, 5.41) is 2.76. The zero-order valence-corrected chi connectivity index (χ0v) is 10.4. The number of benzene rings is 1. The highest BCUT2D eigenvalue weighted by molar-refractivity contribution is 5.96. The topological polar surface area (TPSA) is 90.4 Å². The summed E-state index contributed by atoms with van der Waals surface area (Å²) in [7, 11) is 0.